The zero-order valence-electron chi connectivity index (χ0n) is 22.5. The quantitative estimate of drug-likeness (QED) is 0.385. The monoisotopic (exact) mass is 539 g/mol. The van der Waals surface area contributed by atoms with Crippen LogP contribution in [0.15, 0.2) is 42.6 Å². The number of hydrogen-bond acceptors (Lipinski definition) is 8. The van der Waals surface area contributed by atoms with E-state index in [1.54, 1.807) is 31.5 Å². The number of unbranched alkanes of at least 4 members (excludes halogenated alkanes) is 1. The Kier molecular flexibility index (Phi) is 9.15. The second-order valence-electron chi connectivity index (χ2n) is 9.44. The highest BCUT2D eigenvalue weighted by molar-refractivity contribution is 6.12. The van der Waals surface area contributed by atoms with Crippen LogP contribution in [-0.2, 0) is 4.79 Å². The van der Waals surface area contributed by atoms with Gasteiger partial charge in [-0.1, -0.05) is 0 Å². The number of anilines is 1. The van der Waals surface area contributed by atoms with Gasteiger partial charge in [0.2, 0.25) is 5.91 Å². The number of benzene rings is 2. The second kappa shape index (κ2) is 12.7. The van der Waals surface area contributed by atoms with Crippen LogP contribution in [0.2, 0.25) is 0 Å². The summed E-state index contributed by atoms with van der Waals surface area (Å²) in [7, 11) is 3.70. The largest absolute Gasteiger partial charge is 0.493 e. The number of nitrogens with zero attached hydrogens (tertiary/aromatic N) is 4. The first-order chi connectivity index (χ1) is 18.8. The Hall–Kier alpha value is -3.96. The first-order valence-electron chi connectivity index (χ1n) is 12.8. The van der Waals surface area contributed by atoms with Crippen molar-refractivity contribution in [3.63, 3.8) is 0 Å². The standard InChI is InChI=1S/C28H34FN5O5/c1-19(35)34(28(30)36)20-6-7-25(22(29)16-20)39-24-8-9-31-23-18-27(26(37-3)17-21(23)24)38-15-5-4-10-33-13-11-32(2)12-14-33/h6-9,16-18H,4-5,10-15H2,1-3H3,(H2,30,36). The molecule has 1 fully saturated rings. The Bertz CT molecular complexity index is 1320. The Balaban J connectivity index is 1.44. The lowest BCUT2D eigenvalue weighted by atomic mass is 10.1. The molecule has 2 heterocycles. The minimum atomic E-state index is -1.00. The van der Waals surface area contributed by atoms with Crippen molar-refractivity contribution in [3.8, 4) is 23.0 Å². The predicted molar refractivity (Wildman–Crippen MR) is 146 cm³/mol. The molecule has 10 nitrogen and oxygen atoms in total. The zero-order valence-corrected chi connectivity index (χ0v) is 22.5. The lowest BCUT2D eigenvalue weighted by Gasteiger charge is -2.32. The summed E-state index contributed by atoms with van der Waals surface area (Å²) in [5, 5.41) is 0.600. The Morgan fingerprint density at radius 2 is 1.79 bits per heavy atom. The molecule has 208 valence electrons. The number of imide groups is 1. The number of likely N-dealkylation sites (N-methyl/N-ethyl adjacent to an activating group) is 1. The van der Waals surface area contributed by atoms with Gasteiger partial charge in [-0.2, -0.15) is 0 Å². The second-order valence-corrected chi connectivity index (χ2v) is 9.44. The average molecular weight is 540 g/mol. The van der Waals surface area contributed by atoms with Gasteiger partial charge in [0.15, 0.2) is 23.1 Å². The first kappa shape index (κ1) is 28.1. The molecule has 3 aromatic rings. The number of hydrogen-bond donors (Lipinski definition) is 1. The highest BCUT2D eigenvalue weighted by atomic mass is 19.1. The van der Waals surface area contributed by atoms with Crippen LogP contribution in [-0.4, -0.2) is 80.2 Å². The van der Waals surface area contributed by atoms with Gasteiger partial charge >= 0.3 is 6.03 Å². The van der Waals surface area contributed by atoms with Crippen molar-refractivity contribution in [2.75, 3.05) is 58.4 Å². The normalized spacial score (nSPS) is 14.3. The fraction of sp³-hybridized carbons (Fsp3) is 0.393. The summed E-state index contributed by atoms with van der Waals surface area (Å²) in [6, 6.07) is 7.85. The van der Waals surface area contributed by atoms with Crippen molar-refractivity contribution in [1.29, 1.82) is 0 Å². The van der Waals surface area contributed by atoms with E-state index in [0.717, 1.165) is 58.6 Å². The molecule has 2 N–H and O–H groups in total. The SMILES string of the molecule is COc1cc2c(Oc3ccc(N(C(C)=O)C(N)=O)cc3F)ccnc2cc1OCCCCN1CCN(C)CC1. The van der Waals surface area contributed by atoms with Crippen LogP contribution in [0.25, 0.3) is 10.9 Å². The summed E-state index contributed by atoms with van der Waals surface area (Å²) in [6.45, 7) is 7.18. The number of rotatable bonds is 10. The van der Waals surface area contributed by atoms with Gasteiger partial charge in [0.05, 0.1) is 24.9 Å². The number of carbonyl (C=O) groups is 2. The van der Waals surface area contributed by atoms with E-state index < -0.39 is 17.8 Å². The Labute approximate surface area is 227 Å². The van der Waals surface area contributed by atoms with Crippen molar-refractivity contribution in [2.45, 2.75) is 19.8 Å². The van der Waals surface area contributed by atoms with Crippen molar-refractivity contribution >= 4 is 28.5 Å². The van der Waals surface area contributed by atoms with E-state index in [1.165, 1.54) is 12.1 Å². The Morgan fingerprint density at radius 3 is 2.46 bits per heavy atom. The molecule has 0 saturated carbocycles. The van der Waals surface area contributed by atoms with Crippen LogP contribution in [0, 0.1) is 5.82 Å². The molecule has 0 spiro atoms. The fourth-order valence-corrected chi connectivity index (χ4v) is 4.48. The number of carbonyl (C=O) groups excluding carboxylic acids is 2. The number of pyridine rings is 1. The van der Waals surface area contributed by atoms with Crippen LogP contribution in [0.4, 0.5) is 14.9 Å². The molecule has 1 aromatic heterocycles. The van der Waals surface area contributed by atoms with Gasteiger partial charge in [0.25, 0.3) is 0 Å². The molecular weight excluding hydrogens is 505 g/mol. The van der Waals surface area contributed by atoms with Crippen molar-refractivity contribution in [3.05, 3.63) is 48.4 Å². The van der Waals surface area contributed by atoms with Gasteiger partial charge in [0, 0.05) is 56.8 Å². The summed E-state index contributed by atoms with van der Waals surface area (Å²) in [5.74, 6) is -0.0699. The van der Waals surface area contributed by atoms with Gasteiger partial charge in [0.1, 0.15) is 5.75 Å². The number of urea groups is 1. The summed E-state index contributed by atoms with van der Waals surface area (Å²) in [4.78, 5) is 33.2. The minimum absolute atomic E-state index is 0.00595. The van der Waals surface area contributed by atoms with E-state index >= 15 is 0 Å². The molecule has 0 unspecified atom stereocenters. The number of ether oxygens (including phenoxy) is 3. The number of amides is 3. The van der Waals surface area contributed by atoms with Crippen molar-refractivity contribution in [1.82, 2.24) is 14.8 Å². The van der Waals surface area contributed by atoms with Crippen molar-refractivity contribution < 1.29 is 28.2 Å². The number of nitrogens with two attached hydrogens (primary N) is 1. The molecule has 1 saturated heterocycles. The Morgan fingerprint density at radius 1 is 1.03 bits per heavy atom. The smallest absolute Gasteiger partial charge is 0.326 e. The van der Waals surface area contributed by atoms with E-state index in [-0.39, 0.29) is 11.4 Å². The number of halogens is 1. The molecule has 1 aliphatic rings. The molecule has 11 heteroatoms. The van der Waals surface area contributed by atoms with Gasteiger partial charge in [-0.05, 0) is 50.7 Å². The van der Waals surface area contributed by atoms with Gasteiger partial charge in [-0.15, -0.1) is 0 Å². The molecule has 4 rings (SSSR count). The molecule has 1 aliphatic heterocycles. The molecule has 0 aliphatic carbocycles. The molecule has 0 atom stereocenters. The van der Waals surface area contributed by atoms with Gasteiger partial charge in [-0.3, -0.25) is 9.78 Å². The first-order valence-corrected chi connectivity index (χ1v) is 12.8. The van der Waals surface area contributed by atoms with E-state index in [1.807, 2.05) is 0 Å². The van der Waals surface area contributed by atoms with Gasteiger partial charge in [-0.25, -0.2) is 14.1 Å². The van der Waals surface area contributed by atoms with Crippen LogP contribution < -0.4 is 24.8 Å². The van der Waals surface area contributed by atoms with Crippen LogP contribution >= 0.6 is 0 Å². The average Bonchev–Trinajstić information content (AvgIpc) is 2.90. The maximum absolute atomic E-state index is 14.9. The lowest BCUT2D eigenvalue weighted by Crippen LogP contribution is -2.44. The molecule has 39 heavy (non-hydrogen) atoms. The molecule has 0 bridgehead atoms. The fourth-order valence-electron chi connectivity index (χ4n) is 4.48. The number of aromatic nitrogens is 1. The number of primary amides is 1. The van der Waals surface area contributed by atoms with Crippen molar-refractivity contribution in [2.24, 2.45) is 5.73 Å². The minimum Gasteiger partial charge on any atom is -0.493 e. The maximum atomic E-state index is 14.9. The topological polar surface area (TPSA) is 110 Å². The van der Waals surface area contributed by atoms with E-state index in [4.69, 9.17) is 19.9 Å². The number of piperazine rings is 1. The third-order valence-corrected chi connectivity index (χ3v) is 6.64. The third kappa shape index (κ3) is 6.92. The lowest BCUT2D eigenvalue weighted by molar-refractivity contribution is -0.115. The molecule has 2 aromatic carbocycles. The summed E-state index contributed by atoms with van der Waals surface area (Å²) in [5.41, 5.74) is 5.84. The van der Waals surface area contributed by atoms with E-state index in [0.29, 0.717) is 39.7 Å². The predicted octanol–water partition coefficient (Wildman–Crippen LogP) is 4.01. The number of methoxy groups -OCH3 is 1. The maximum Gasteiger partial charge on any atom is 0.326 e. The van der Waals surface area contributed by atoms with E-state index in [2.05, 4.69) is 21.8 Å². The van der Waals surface area contributed by atoms with Crippen LogP contribution in [0.3, 0.4) is 0 Å². The zero-order chi connectivity index (χ0) is 27.9. The molecular formula is C28H34FN5O5. The third-order valence-electron chi connectivity index (χ3n) is 6.64. The van der Waals surface area contributed by atoms with E-state index in [9.17, 15) is 14.0 Å². The molecule has 3 amide bonds. The van der Waals surface area contributed by atoms with Crippen LogP contribution in [0.5, 0.6) is 23.0 Å². The highest BCUT2D eigenvalue weighted by Crippen LogP contribution is 2.38. The summed E-state index contributed by atoms with van der Waals surface area (Å²) >= 11 is 0. The number of fused-ring (bicyclic) bond motifs is 1. The summed E-state index contributed by atoms with van der Waals surface area (Å²) < 4.78 is 32.3. The summed E-state index contributed by atoms with van der Waals surface area (Å²) in [6.07, 6.45) is 3.51. The van der Waals surface area contributed by atoms with Gasteiger partial charge < -0.3 is 29.7 Å². The van der Waals surface area contributed by atoms with Crippen LogP contribution in [0.1, 0.15) is 19.8 Å². The highest BCUT2D eigenvalue weighted by Gasteiger charge is 2.20. The molecule has 0 radical (unpaired) electrons.